The molecule has 0 aromatic rings. The van der Waals surface area contributed by atoms with Gasteiger partial charge in [0, 0.05) is 12.8 Å². The minimum absolute atomic E-state index is 0.109. The zero-order chi connectivity index (χ0) is 31.1. The smallest absolute Gasteiger partial charge is 0.326 e. The molecule has 2 unspecified atom stereocenters. The maximum Gasteiger partial charge on any atom is 0.326 e. The Balaban J connectivity index is 4.04. The molecule has 0 aromatic heterocycles. The minimum Gasteiger partial charge on any atom is -0.480 e. The van der Waals surface area contributed by atoms with Crippen molar-refractivity contribution < 1.29 is 24.2 Å². The lowest BCUT2D eigenvalue weighted by molar-refractivity contribution is -0.147. The maximum atomic E-state index is 12.5. The number of carbonyl (C=O) groups excluding carboxylic acids is 2. The van der Waals surface area contributed by atoms with Crippen LogP contribution in [0.3, 0.4) is 0 Å². The highest BCUT2D eigenvalue weighted by molar-refractivity contribution is 5.83. The van der Waals surface area contributed by atoms with Gasteiger partial charge in [0.05, 0.1) is 0 Å². The summed E-state index contributed by atoms with van der Waals surface area (Å²) in [4.78, 5) is 35.8. The van der Waals surface area contributed by atoms with E-state index in [9.17, 15) is 19.5 Å². The van der Waals surface area contributed by atoms with Crippen LogP contribution in [-0.2, 0) is 19.1 Å². The molecule has 244 valence electrons. The summed E-state index contributed by atoms with van der Waals surface area (Å²) >= 11 is 0. The molecule has 4 N–H and O–H groups in total. The molecule has 0 aliphatic heterocycles. The van der Waals surface area contributed by atoms with Crippen LogP contribution in [0.25, 0.3) is 0 Å². The van der Waals surface area contributed by atoms with Crippen LogP contribution in [0.1, 0.15) is 162 Å². The highest BCUT2D eigenvalue weighted by Crippen LogP contribution is 2.14. The molecule has 0 aliphatic carbocycles. The molecule has 7 heteroatoms. The third kappa shape index (κ3) is 26.7. The molecule has 1 amide bonds. The number of rotatable bonds is 30. The van der Waals surface area contributed by atoms with E-state index in [4.69, 9.17) is 10.5 Å². The van der Waals surface area contributed by atoms with Crippen LogP contribution >= 0.6 is 0 Å². The van der Waals surface area contributed by atoms with E-state index in [2.05, 4.69) is 37.4 Å². The number of esters is 1. The Morgan fingerprint density at radius 1 is 0.690 bits per heavy atom. The predicted octanol–water partition coefficient (Wildman–Crippen LogP) is 8.55. The number of ether oxygens (including phenoxy) is 1. The van der Waals surface area contributed by atoms with Crippen LogP contribution in [0, 0.1) is 0 Å². The second-order valence-electron chi connectivity index (χ2n) is 11.6. The van der Waals surface area contributed by atoms with Gasteiger partial charge in [-0.1, -0.05) is 96.3 Å². The molecule has 0 fully saturated rings. The first-order valence-electron chi connectivity index (χ1n) is 17.2. The van der Waals surface area contributed by atoms with Gasteiger partial charge in [-0.2, -0.15) is 0 Å². The number of aliphatic carboxylic acids is 1. The standard InChI is InChI=1S/C35H64N2O5/c1-3-5-7-8-9-10-11-12-13-14-15-16-17-23-29-34(39)42-31(25-20-6-4-2)26-21-18-19-22-28-33(38)37-32(35(40)41)27-24-30-36/h11-12,20,25,31-32H,3-10,13-19,21-24,26-30,36H2,1-2H3,(H,37,38)(H,40,41)/b12-11-,25-20-. The Morgan fingerprint density at radius 2 is 1.29 bits per heavy atom. The molecule has 2 atom stereocenters. The molecule has 0 saturated heterocycles. The van der Waals surface area contributed by atoms with Gasteiger partial charge in [0.2, 0.25) is 5.91 Å². The minimum atomic E-state index is -1.02. The van der Waals surface area contributed by atoms with E-state index < -0.39 is 12.0 Å². The van der Waals surface area contributed by atoms with Gasteiger partial charge >= 0.3 is 11.9 Å². The van der Waals surface area contributed by atoms with Gasteiger partial charge in [-0.25, -0.2) is 4.79 Å². The molecule has 7 nitrogen and oxygen atoms in total. The quantitative estimate of drug-likeness (QED) is 0.0437. The van der Waals surface area contributed by atoms with Crippen LogP contribution in [-0.4, -0.2) is 41.6 Å². The van der Waals surface area contributed by atoms with Crippen molar-refractivity contribution in [1.29, 1.82) is 0 Å². The highest BCUT2D eigenvalue weighted by Gasteiger charge is 2.18. The lowest BCUT2D eigenvalue weighted by Gasteiger charge is -2.15. The zero-order valence-corrected chi connectivity index (χ0v) is 27.1. The van der Waals surface area contributed by atoms with Gasteiger partial charge in [-0.05, 0) is 83.2 Å². The number of carboxylic acids is 1. The molecule has 0 heterocycles. The monoisotopic (exact) mass is 592 g/mol. The predicted molar refractivity (Wildman–Crippen MR) is 174 cm³/mol. The van der Waals surface area contributed by atoms with Crippen LogP contribution in [0.15, 0.2) is 24.3 Å². The average molecular weight is 593 g/mol. The molecule has 0 saturated carbocycles. The lowest BCUT2D eigenvalue weighted by Crippen LogP contribution is -2.40. The fourth-order valence-corrected chi connectivity index (χ4v) is 4.83. The first-order chi connectivity index (χ1) is 20.4. The molecule has 0 aromatic carbocycles. The molecule has 0 aliphatic rings. The van der Waals surface area contributed by atoms with Gasteiger partial charge in [0.15, 0.2) is 0 Å². The summed E-state index contributed by atoms with van der Waals surface area (Å²) in [5.74, 6) is -1.35. The lowest BCUT2D eigenvalue weighted by atomic mass is 10.1. The number of allylic oxidation sites excluding steroid dienone is 3. The Kier molecular flexibility index (Phi) is 28.8. The van der Waals surface area contributed by atoms with Crippen molar-refractivity contribution in [1.82, 2.24) is 5.32 Å². The van der Waals surface area contributed by atoms with Crippen LogP contribution < -0.4 is 11.1 Å². The Morgan fingerprint density at radius 3 is 1.90 bits per heavy atom. The SMILES string of the molecule is CCC/C=C\C(CCCCCCC(=O)NC(CCCN)C(=O)O)OC(=O)CCCCCCC/C=C\CCCCCCC. The van der Waals surface area contributed by atoms with Gasteiger partial charge in [0.1, 0.15) is 12.1 Å². The Labute approximate surface area is 257 Å². The van der Waals surface area contributed by atoms with Gasteiger partial charge in [0.25, 0.3) is 0 Å². The van der Waals surface area contributed by atoms with E-state index in [0.29, 0.717) is 38.6 Å². The number of unbranched alkanes of at least 4 members (excludes halogenated alkanes) is 14. The van der Waals surface area contributed by atoms with Crippen molar-refractivity contribution >= 4 is 17.8 Å². The molecule has 0 rings (SSSR count). The summed E-state index contributed by atoms with van der Waals surface area (Å²) < 4.78 is 5.79. The summed E-state index contributed by atoms with van der Waals surface area (Å²) in [5.41, 5.74) is 5.44. The van der Waals surface area contributed by atoms with Crippen molar-refractivity contribution in [3.8, 4) is 0 Å². The Hall–Kier alpha value is -2.15. The van der Waals surface area contributed by atoms with Crippen LogP contribution in [0.2, 0.25) is 0 Å². The third-order valence-electron chi connectivity index (χ3n) is 7.45. The summed E-state index contributed by atoms with van der Waals surface area (Å²) in [6, 6.07) is -0.867. The van der Waals surface area contributed by atoms with Crippen molar-refractivity contribution in [2.24, 2.45) is 5.73 Å². The third-order valence-corrected chi connectivity index (χ3v) is 7.45. The number of hydrogen-bond donors (Lipinski definition) is 3. The largest absolute Gasteiger partial charge is 0.480 e. The number of carboxylic acid groups (broad SMARTS) is 1. The van der Waals surface area contributed by atoms with E-state index in [1.807, 2.05) is 6.08 Å². The topological polar surface area (TPSA) is 119 Å². The molecule has 42 heavy (non-hydrogen) atoms. The van der Waals surface area contributed by atoms with Crippen molar-refractivity contribution in [3.63, 3.8) is 0 Å². The summed E-state index contributed by atoms with van der Waals surface area (Å²) in [7, 11) is 0. The maximum absolute atomic E-state index is 12.5. The second-order valence-corrected chi connectivity index (χ2v) is 11.6. The number of nitrogens with two attached hydrogens (primary N) is 1. The fourth-order valence-electron chi connectivity index (χ4n) is 4.83. The molecule has 0 radical (unpaired) electrons. The van der Waals surface area contributed by atoms with E-state index in [1.54, 1.807) is 0 Å². The fraction of sp³-hybridized carbons (Fsp3) is 0.800. The number of amides is 1. The summed E-state index contributed by atoms with van der Waals surface area (Å²) in [5, 5.41) is 11.8. The number of nitrogens with one attached hydrogen (secondary N) is 1. The van der Waals surface area contributed by atoms with Gasteiger partial charge in [-0.3, -0.25) is 9.59 Å². The highest BCUT2D eigenvalue weighted by atomic mass is 16.5. The van der Waals surface area contributed by atoms with E-state index in [-0.39, 0.29) is 18.0 Å². The van der Waals surface area contributed by atoms with Gasteiger partial charge < -0.3 is 20.9 Å². The normalized spacial score (nSPS) is 13.0. The van der Waals surface area contributed by atoms with Crippen molar-refractivity contribution in [2.75, 3.05) is 6.54 Å². The molecule has 0 bridgehead atoms. The zero-order valence-electron chi connectivity index (χ0n) is 27.1. The molecular formula is C35H64N2O5. The number of carbonyl (C=O) groups is 3. The first kappa shape index (κ1) is 39.8. The van der Waals surface area contributed by atoms with Crippen LogP contribution in [0.4, 0.5) is 0 Å². The summed E-state index contributed by atoms with van der Waals surface area (Å²) in [6.07, 6.45) is 31.2. The van der Waals surface area contributed by atoms with Crippen molar-refractivity contribution in [2.45, 2.75) is 174 Å². The van der Waals surface area contributed by atoms with E-state index in [0.717, 1.165) is 57.8 Å². The Bertz CT molecular complexity index is 722. The molecule has 0 spiro atoms. The van der Waals surface area contributed by atoms with E-state index >= 15 is 0 Å². The average Bonchev–Trinajstić information content (AvgIpc) is 2.96. The summed E-state index contributed by atoms with van der Waals surface area (Å²) in [6.45, 7) is 4.79. The van der Waals surface area contributed by atoms with Gasteiger partial charge in [-0.15, -0.1) is 0 Å². The first-order valence-corrected chi connectivity index (χ1v) is 17.2. The molecular weight excluding hydrogens is 528 g/mol. The van der Waals surface area contributed by atoms with E-state index in [1.165, 1.54) is 57.8 Å². The van der Waals surface area contributed by atoms with Crippen molar-refractivity contribution in [3.05, 3.63) is 24.3 Å². The number of hydrogen-bond acceptors (Lipinski definition) is 5. The van der Waals surface area contributed by atoms with Crippen LogP contribution in [0.5, 0.6) is 0 Å². The second kappa shape index (κ2) is 30.3.